The Morgan fingerprint density at radius 2 is 1.97 bits per heavy atom. The molecule has 0 aliphatic heterocycles. The van der Waals surface area contributed by atoms with Gasteiger partial charge in [-0.05, 0) is 30.3 Å². The molecule has 0 unspecified atom stereocenters. The van der Waals surface area contributed by atoms with Gasteiger partial charge in [-0.2, -0.15) is 18.4 Å². The number of benzene rings is 2. The maximum atomic E-state index is 12.8. The number of nitro benzene ring substituents is 1. The minimum atomic E-state index is -4.46. The van der Waals surface area contributed by atoms with Crippen LogP contribution in [0.5, 0.6) is 0 Å². The van der Waals surface area contributed by atoms with Gasteiger partial charge in [0.15, 0.2) is 0 Å². The van der Waals surface area contributed by atoms with Crippen LogP contribution in [0, 0.1) is 21.4 Å². The van der Waals surface area contributed by atoms with Crippen molar-refractivity contribution in [1.29, 1.82) is 5.26 Å². The van der Waals surface area contributed by atoms with Gasteiger partial charge >= 0.3 is 6.18 Å². The summed E-state index contributed by atoms with van der Waals surface area (Å²) in [6, 6.07) is 12.4. The largest absolute Gasteiger partial charge is 0.416 e. The summed E-state index contributed by atoms with van der Waals surface area (Å²) in [5.74, 6) is 0. The number of nitro groups is 1. The van der Waals surface area contributed by atoms with Gasteiger partial charge in [0.05, 0.1) is 16.2 Å². The molecular formula is C19H11F3N4O2S. The van der Waals surface area contributed by atoms with Crippen LogP contribution in [0.1, 0.15) is 10.6 Å². The highest BCUT2D eigenvalue weighted by atomic mass is 32.1. The van der Waals surface area contributed by atoms with Crippen molar-refractivity contribution in [3.05, 3.63) is 80.8 Å². The lowest BCUT2D eigenvalue weighted by atomic mass is 10.1. The fourth-order valence-corrected chi connectivity index (χ4v) is 3.16. The third-order valence-corrected chi connectivity index (χ3v) is 4.68. The quantitative estimate of drug-likeness (QED) is 0.327. The van der Waals surface area contributed by atoms with E-state index in [-0.39, 0.29) is 16.9 Å². The number of nitrogens with zero attached hydrogens (tertiary/aromatic N) is 3. The number of thiazole rings is 1. The molecule has 0 atom stereocenters. The number of allylic oxidation sites excluding steroid dienone is 1. The molecule has 1 aromatic heterocycles. The van der Waals surface area contributed by atoms with Gasteiger partial charge < -0.3 is 5.32 Å². The minimum absolute atomic E-state index is 0.0490. The van der Waals surface area contributed by atoms with Crippen LogP contribution in [-0.2, 0) is 6.18 Å². The summed E-state index contributed by atoms with van der Waals surface area (Å²) in [5.41, 5.74) is 0.637. The summed E-state index contributed by atoms with van der Waals surface area (Å²) in [5, 5.41) is 24.8. The molecule has 3 aromatic rings. The van der Waals surface area contributed by atoms with E-state index in [9.17, 15) is 28.5 Å². The first-order chi connectivity index (χ1) is 13.8. The molecule has 29 heavy (non-hydrogen) atoms. The molecule has 0 saturated heterocycles. The average molecular weight is 416 g/mol. The smallest absolute Gasteiger partial charge is 0.360 e. The first-order valence-corrected chi connectivity index (χ1v) is 8.90. The number of non-ortho nitro benzene ring substituents is 1. The summed E-state index contributed by atoms with van der Waals surface area (Å²) in [7, 11) is 0. The van der Waals surface area contributed by atoms with Crippen LogP contribution in [0.2, 0.25) is 0 Å². The number of nitriles is 1. The lowest BCUT2D eigenvalue weighted by Crippen LogP contribution is -2.05. The van der Waals surface area contributed by atoms with E-state index in [4.69, 9.17) is 0 Å². The molecule has 1 N–H and O–H groups in total. The van der Waals surface area contributed by atoms with Crippen LogP contribution in [0.25, 0.3) is 16.8 Å². The molecule has 6 nitrogen and oxygen atoms in total. The van der Waals surface area contributed by atoms with Gasteiger partial charge in [-0.1, -0.05) is 6.07 Å². The predicted molar refractivity (Wildman–Crippen MR) is 103 cm³/mol. The fourth-order valence-electron chi connectivity index (χ4n) is 2.37. The van der Waals surface area contributed by atoms with Crippen molar-refractivity contribution in [1.82, 2.24) is 4.98 Å². The molecule has 3 rings (SSSR count). The number of nitrogens with one attached hydrogen (secondary N) is 1. The van der Waals surface area contributed by atoms with Gasteiger partial charge in [0.1, 0.15) is 16.6 Å². The number of anilines is 1. The standard InChI is InChI=1S/C19H11F3N4O2S/c20-19(21,22)14-2-1-3-15(8-14)24-10-13(9-23)18-25-17(11-29-18)12-4-6-16(7-5-12)26(27)28/h1-8,10-11,24H/b13-10+. The Bertz CT molecular complexity index is 1120. The topological polar surface area (TPSA) is 91.8 Å². The van der Waals surface area contributed by atoms with E-state index in [2.05, 4.69) is 10.3 Å². The molecule has 1 heterocycles. The van der Waals surface area contributed by atoms with Gasteiger partial charge in [0.2, 0.25) is 0 Å². The van der Waals surface area contributed by atoms with Crippen LogP contribution in [0.4, 0.5) is 24.5 Å². The van der Waals surface area contributed by atoms with E-state index in [0.717, 1.165) is 12.1 Å². The number of halogens is 3. The van der Waals surface area contributed by atoms with Gasteiger partial charge in [0.25, 0.3) is 5.69 Å². The molecule has 2 aromatic carbocycles. The van der Waals surface area contributed by atoms with Crippen molar-refractivity contribution in [2.45, 2.75) is 6.18 Å². The lowest BCUT2D eigenvalue weighted by Gasteiger charge is -2.08. The van der Waals surface area contributed by atoms with Crippen molar-refractivity contribution in [3.8, 4) is 17.3 Å². The molecule has 0 fully saturated rings. The Hall–Kier alpha value is -3.71. The van der Waals surface area contributed by atoms with Crippen LogP contribution in [0.15, 0.2) is 60.1 Å². The zero-order valence-corrected chi connectivity index (χ0v) is 15.3. The zero-order chi connectivity index (χ0) is 21.0. The molecule has 0 spiro atoms. The highest BCUT2D eigenvalue weighted by Crippen LogP contribution is 2.31. The Labute approximate surface area is 166 Å². The monoisotopic (exact) mass is 416 g/mol. The Morgan fingerprint density at radius 3 is 2.59 bits per heavy atom. The van der Waals surface area contributed by atoms with Crippen molar-refractivity contribution in [2.24, 2.45) is 0 Å². The predicted octanol–water partition coefficient (Wildman–Crippen LogP) is 5.71. The second-order valence-electron chi connectivity index (χ2n) is 5.73. The second kappa shape index (κ2) is 8.12. The third kappa shape index (κ3) is 4.77. The van der Waals surface area contributed by atoms with E-state index in [1.165, 1.54) is 41.8 Å². The molecule has 0 aliphatic rings. The SMILES string of the molecule is N#C/C(=C\Nc1cccc(C(F)(F)F)c1)c1nc(-c2ccc([N+](=O)[O-])cc2)cs1. The number of aromatic nitrogens is 1. The maximum Gasteiger partial charge on any atom is 0.416 e. The van der Waals surface area contributed by atoms with Crippen LogP contribution in [0.3, 0.4) is 0 Å². The Balaban J connectivity index is 1.81. The van der Waals surface area contributed by atoms with Gasteiger partial charge in [-0.15, -0.1) is 11.3 Å². The number of hydrogen-bond acceptors (Lipinski definition) is 6. The molecule has 0 aliphatic carbocycles. The van der Waals surface area contributed by atoms with E-state index < -0.39 is 16.7 Å². The van der Waals surface area contributed by atoms with Gasteiger partial charge in [0, 0.05) is 35.0 Å². The summed E-state index contributed by atoms with van der Waals surface area (Å²) >= 11 is 1.17. The number of hydrogen-bond donors (Lipinski definition) is 1. The van der Waals surface area contributed by atoms with Crippen molar-refractivity contribution < 1.29 is 18.1 Å². The van der Waals surface area contributed by atoms with Crippen molar-refractivity contribution >= 4 is 28.3 Å². The number of alkyl halides is 3. The summed E-state index contributed by atoms with van der Waals surface area (Å²) < 4.78 is 38.4. The molecule has 0 saturated carbocycles. The summed E-state index contributed by atoms with van der Waals surface area (Å²) in [6.45, 7) is 0. The Morgan fingerprint density at radius 1 is 1.24 bits per heavy atom. The Kier molecular flexibility index (Phi) is 5.61. The van der Waals surface area contributed by atoms with Gasteiger partial charge in [-0.3, -0.25) is 10.1 Å². The number of rotatable bonds is 5. The van der Waals surface area contributed by atoms with E-state index in [1.54, 1.807) is 17.5 Å². The van der Waals surface area contributed by atoms with Crippen LogP contribution >= 0.6 is 11.3 Å². The van der Waals surface area contributed by atoms with Crippen LogP contribution < -0.4 is 5.32 Å². The molecule has 146 valence electrons. The highest BCUT2D eigenvalue weighted by molar-refractivity contribution is 7.11. The van der Waals surface area contributed by atoms with E-state index in [0.29, 0.717) is 16.3 Å². The normalized spacial score (nSPS) is 11.7. The highest BCUT2D eigenvalue weighted by Gasteiger charge is 2.30. The summed E-state index contributed by atoms with van der Waals surface area (Å²) in [4.78, 5) is 14.6. The second-order valence-corrected chi connectivity index (χ2v) is 6.59. The molecular weight excluding hydrogens is 405 g/mol. The fraction of sp³-hybridized carbons (Fsp3) is 0.0526. The molecule has 0 radical (unpaired) electrons. The maximum absolute atomic E-state index is 12.8. The van der Waals surface area contributed by atoms with Gasteiger partial charge in [-0.25, -0.2) is 4.98 Å². The van der Waals surface area contributed by atoms with Crippen LogP contribution in [-0.4, -0.2) is 9.91 Å². The van der Waals surface area contributed by atoms with E-state index >= 15 is 0 Å². The first kappa shape index (κ1) is 20.0. The first-order valence-electron chi connectivity index (χ1n) is 8.03. The van der Waals surface area contributed by atoms with Crippen molar-refractivity contribution in [3.63, 3.8) is 0 Å². The average Bonchev–Trinajstić information content (AvgIpc) is 3.18. The van der Waals surface area contributed by atoms with Crippen molar-refractivity contribution in [2.75, 3.05) is 5.32 Å². The minimum Gasteiger partial charge on any atom is -0.360 e. The third-order valence-electron chi connectivity index (χ3n) is 3.80. The van der Waals surface area contributed by atoms with E-state index in [1.807, 2.05) is 6.07 Å². The zero-order valence-electron chi connectivity index (χ0n) is 14.5. The molecule has 10 heteroatoms. The molecule has 0 bridgehead atoms. The lowest BCUT2D eigenvalue weighted by molar-refractivity contribution is -0.384. The summed E-state index contributed by atoms with van der Waals surface area (Å²) in [6.07, 6.45) is -3.18. The molecule has 0 amide bonds.